The molecule has 0 saturated heterocycles. The topological polar surface area (TPSA) is 64.6 Å². The summed E-state index contributed by atoms with van der Waals surface area (Å²) < 4.78 is 11.1. The molecule has 0 unspecified atom stereocenters. The van der Waals surface area contributed by atoms with E-state index < -0.39 is 5.97 Å². The number of carbonyl (C=O) groups is 2. The van der Waals surface area contributed by atoms with Crippen molar-refractivity contribution < 1.29 is 19.1 Å². The summed E-state index contributed by atoms with van der Waals surface area (Å²) in [6.45, 7) is -0.153. The maximum atomic E-state index is 12.1. The summed E-state index contributed by atoms with van der Waals surface area (Å²) in [5, 5.41) is 4.79. The Morgan fingerprint density at radius 3 is 2.65 bits per heavy atom. The number of hydrogen-bond donors (Lipinski definition) is 1. The normalized spacial score (nSPS) is 10.4. The van der Waals surface area contributed by atoms with E-state index in [1.54, 1.807) is 24.3 Å². The molecular formula is C20H16BrNO4. The van der Waals surface area contributed by atoms with E-state index >= 15 is 0 Å². The molecule has 26 heavy (non-hydrogen) atoms. The van der Waals surface area contributed by atoms with Gasteiger partial charge in [-0.05, 0) is 51.0 Å². The zero-order chi connectivity index (χ0) is 18.5. The smallest absolute Gasteiger partial charge is 0.337 e. The molecule has 0 aliphatic heterocycles. The number of amides is 1. The van der Waals surface area contributed by atoms with Crippen molar-refractivity contribution in [2.75, 3.05) is 19.0 Å². The summed E-state index contributed by atoms with van der Waals surface area (Å²) in [6, 6.07) is 18.2. The van der Waals surface area contributed by atoms with Crippen molar-refractivity contribution in [3.05, 3.63) is 70.7 Å². The van der Waals surface area contributed by atoms with Gasteiger partial charge in [0.05, 0.1) is 17.1 Å². The molecule has 0 saturated carbocycles. The summed E-state index contributed by atoms with van der Waals surface area (Å²) in [5.41, 5.74) is 0.863. The second kappa shape index (κ2) is 8.01. The number of hydrogen-bond acceptors (Lipinski definition) is 4. The van der Waals surface area contributed by atoms with Crippen LogP contribution >= 0.6 is 15.9 Å². The summed E-state index contributed by atoms with van der Waals surface area (Å²) in [6.07, 6.45) is 0. The average molecular weight is 414 g/mol. The first kappa shape index (κ1) is 17.9. The van der Waals surface area contributed by atoms with Crippen LogP contribution < -0.4 is 10.1 Å². The third-order valence-electron chi connectivity index (χ3n) is 3.75. The van der Waals surface area contributed by atoms with Gasteiger partial charge in [-0.1, -0.05) is 36.4 Å². The van der Waals surface area contributed by atoms with Crippen LogP contribution in [0.3, 0.4) is 0 Å². The minimum atomic E-state index is -0.461. The van der Waals surface area contributed by atoms with Crippen molar-refractivity contribution in [2.24, 2.45) is 0 Å². The Hall–Kier alpha value is -2.86. The molecule has 0 aliphatic carbocycles. The summed E-state index contributed by atoms with van der Waals surface area (Å²) in [5.74, 6) is -0.202. The fourth-order valence-corrected chi connectivity index (χ4v) is 3.11. The number of rotatable bonds is 5. The number of anilines is 1. The summed E-state index contributed by atoms with van der Waals surface area (Å²) in [4.78, 5) is 23.7. The number of benzene rings is 3. The molecule has 3 aromatic rings. The molecule has 1 amide bonds. The molecule has 6 heteroatoms. The van der Waals surface area contributed by atoms with Gasteiger partial charge in [-0.25, -0.2) is 4.79 Å². The van der Waals surface area contributed by atoms with Crippen LogP contribution in [0.4, 0.5) is 5.69 Å². The third kappa shape index (κ3) is 4.03. The van der Waals surface area contributed by atoms with Crippen LogP contribution in [0.1, 0.15) is 10.4 Å². The molecule has 0 spiro atoms. The zero-order valence-corrected chi connectivity index (χ0v) is 15.6. The Labute approximate surface area is 159 Å². The van der Waals surface area contributed by atoms with Crippen molar-refractivity contribution in [2.45, 2.75) is 0 Å². The highest BCUT2D eigenvalue weighted by atomic mass is 79.9. The fraction of sp³-hybridized carbons (Fsp3) is 0.100. The lowest BCUT2D eigenvalue weighted by Gasteiger charge is -2.11. The van der Waals surface area contributed by atoms with Gasteiger partial charge >= 0.3 is 5.97 Å². The number of ether oxygens (including phenoxy) is 2. The SMILES string of the molecule is COC(=O)c1cccc(NC(=O)COc2ccc3ccccc3c2Br)c1. The Morgan fingerprint density at radius 1 is 1.04 bits per heavy atom. The van der Waals surface area contributed by atoms with Crippen molar-refractivity contribution in [1.82, 2.24) is 0 Å². The van der Waals surface area contributed by atoms with E-state index in [-0.39, 0.29) is 12.5 Å². The van der Waals surface area contributed by atoms with E-state index in [0.717, 1.165) is 15.2 Å². The van der Waals surface area contributed by atoms with E-state index in [9.17, 15) is 9.59 Å². The number of fused-ring (bicyclic) bond motifs is 1. The number of halogens is 1. The molecule has 0 bridgehead atoms. The molecule has 0 heterocycles. The van der Waals surface area contributed by atoms with Crippen molar-refractivity contribution in [1.29, 1.82) is 0 Å². The molecule has 0 radical (unpaired) electrons. The van der Waals surface area contributed by atoms with Gasteiger partial charge in [-0.3, -0.25) is 4.79 Å². The number of esters is 1. The van der Waals surface area contributed by atoms with Gasteiger partial charge in [0.1, 0.15) is 5.75 Å². The molecule has 1 N–H and O–H groups in total. The molecular weight excluding hydrogens is 398 g/mol. The first-order valence-corrected chi connectivity index (χ1v) is 8.66. The van der Waals surface area contributed by atoms with Crippen LogP contribution in [-0.4, -0.2) is 25.6 Å². The Bertz CT molecular complexity index is 971. The van der Waals surface area contributed by atoms with Gasteiger partial charge in [-0.15, -0.1) is 0 Å². The summed E-state index contributed by atoms with van der Waals surface area (Å²) >= 11 is 3.52. The largest absolute Gasteiger partial charge is 0.483 e. The first-order valence-electron chi connectivity index (χ1n) is 7.87. The quantitative estimate of drug-likeness (QED) is 0.629. The zero-order valence-electron chi connectivity index (χ0n) is 14.0. The molecule has 3 aromatic carbocycles. The lowest BCUT2D eigenvalue weighted by Crippen LogP contribution is -2.20. The van der Waals surface area contributed by atoms with E-state index in [2.05, 4.69) is 26.0 Å². The van der Waals surface area contributed by atoms with E-state index in [1.165, 1.54) is 7.11 Å². The van der Waals surface area contributed by atoms with Crippen LogP contribution in [0.5, 0.6) is 5.75 Å². The lowest BCUT2D eigenvalue weighted by molar-refractivity contribution is -0.118. The first-order chi connectivity index (χ1) is 12.6. The van der Waals surface area contributed by atoms with Crippen LogP contribution in [0.25, 0.3) is 10.8 Å². The number of methoxy groups -OCH3 is 1. The van der Waals surface area contributed by atoms with Gasteiger partial charge < -0.3 is 14.8 Å². The third-order valence-corrected chi connectivity index (χ3v) is 4.57. The maximum absolute atomic E-state index is 12.1. The highest BCUT2D eigenvalue weighted by Crippen LogP contribution is 2.33. The minimum Gasteiger partial charge on any atom is -0.483 e. The Balaban J connectivity index is 1.66. The van der Waals surface area contributed by atoms with Gasteiger partial charge in [-0.2, -0.15) is 0 Å². The fourth-order valence-electron chi connectivity index (χ4n) is 2.51. The average Bonchev–Trinajstić information content (AvgIpc) is 2.67. The molecule has 3 rings (SSSR count). The Morgan fingerprint density at radius 2 is 1.85 bits per heavy atom. The van der Waals surface area contributed by atoms with Crippen molar-refractivity contribution in [3.63, 3.8) is 0 Å². The van der Waals surface area contributed by atoms with E-state index in [1.807, 2.05) is 36.4 Å². The van der Waals surface area contributed by atoms with Gasteiger partial charge in [0.25, 0.3) is 5.91 Å². The van der Waals surface area contributed by atoms with Gasteiger partial charge in [0.2, 0.25) is 0 Å². The standard InChI is InChI=1S/C20H16BrNO4/c1-25-20(24)14-6-4-7-15(11-14)22-18(23)12-26-17-10-9-13-5-2-3-8-16(13)19(17)21/h2-11H,12H2,1H3,(H,22,23). The van der Waals surface area contributed by atoms with Crippen LogP contribution in [0.15, 0.2) is 65.1 Å². The lowest BCUT2D eigenvalue weighted by atomic mass is 10.1. The molecule has 5 nitrogen and oxygen atoms in total. The monoisotopic (exact) mass is 413 g/mol. The predicted molar refractivity (Wildman–Crippen MR) is 104 cm³/mol. The number of nitrogens with one attached hydrogen (secondary N) is 1. The van der Waals surface area contributed by atoms with Gasteiger partial charge in [0.15, 0.2) is 6.61 Å². The molecule has 132 valence electrons. The second-order valence-electron chi connectivity index (χ2n) is 5.51. The van der Waals surface area contributed by atoms with Crippen LogP contribution in [0, 0.1) is 0 Å². The Kier molecular flexibility index (Phi) is 5.53. The molecule has 0 aliphatic rings. The molecule has 0 fully saturated rings. The maximum Gasteiger partial charge on any atom is 0.337 e. The van der Waals surface area contributed by atoms with Crippen molar-refractivity contribution in [3.8, 4) is 5.75 Å². The van der Waals surface area contributed by atoms with Crippen molar-refractivity contribution >= 4 is 44.3 Å². The highest BCUT2D eigenvalue weighted by Gasteiger charge is 2.10. The minimum absolute atomic E-state index is 0.153. The van der Waals surface area contributed by atoms with E-state index in [0.29, 0.717) is 17.0 Å². The van der Waals surface area contributed by atoms with Gasteiger partial charge in [0, 0.05) is 5.69 Å². The summed E-state index contributed by atoms with van der Waals surface area (Å²) in [7, 11) is 1.31. The molecule has 0 atom stereocenters. The number of carbonyl (C=O) groups excluding carboxylic acids is 2. The van der Waals surface area contributed by atoms with Crippen LogP contribution in [-0.2, 0) is 9.53 Å². The highest BCUT2D eigenvalue weighted by molar-refractivity contribution is 9.10. The predicted octanol–water partition coefficient (Wildman–Crippen LogP) is 4.41. The molecule has 0 aromatic heterocycles. The van der Waals surface area contributed by atoms with Crippen LogP contribution in [0.2, 0.25) is 0 Å². The van der Waals surface area contributed by atoms with E-state index in [4.69, 9.17) is 4.74 Å². The second-order valence-corrected chi connectivity index (χ2v) is 6.30.